The number of amides is 1. The molecule has 0 spiro atoms. The van der Waals surface area contributed by atoms with Crippen molar-refractivity contribution in [2.24, 2.45) is 5.92 Å². The summed E-state index contributed by atoms with van der Waals surface area (Å²) in [7, 11) is 0. The number of piperidine rings is 1. The van der Waals surface area contributed by atoms with Crippen molar-refractivity contribution in [1.29, 1.82) is 0 Å². The van der Waals surface area contributed by atoms with E-state index >= 15 is 0 Å². The summed E-state index contributed by atoms with van der Waals surface area (Å²) in [5.74, 6) is -0.657. The van der Waals surface area contributed by atoms with Crippen molar-refractivity contribution >= 4 is 11.9 Å². The third-order valence-corrected chi connectivity index (χ3v) is 3.78. The van der Waals surface area contributed by atoms with Gasteiger partial charge in [-0.2, -0.15) is 0 Å². The van der Waals surface area contributed by atoms with Crippen LogP contribution in [0.4, 0.5) is 0 Å². The molecule has 1 amide bonds. The summed E-state index contributed by atoms with van der Waals surface area (Å²) in [5, 5.41) is 9.11. The van der Waals surface area contributed by atoms with Crippen LogP contribution in [-0.4, -0.2) is 34.5 Å². The molecule has 2 fully saturated rings. The molecule has 4 heteroatoms. The monoisotopic (exact) mass is 225 g/mol. The first-order chi connectivity index (χ1) is 7.70. The standard InChI is InChI=1S/C12H19NO3/c14-11(9-5-1-2-6-9)13-8-4-3-7-10(13)12(15)16/h9-10H,1-8H2,(H,15,16)/t10-/m1/s1. The molecule has 2 aliphatic rings. The predicted molar refractivity (Wildman–Crippen MR) is 58.9 cm³/mol. The van der Waals surface area contributed by atoms with Crippen molar-refractivity contribution in [1.82, 2.24) is 4.90 Å². The molecule has 90 valence electrons. The SMILES string of the molecule is O=C(O)[C@H]1CCCCN1C(=O)C1CCCC1. The van der Waals surface area contributed by atoms with Gasteiger partial charge in [-0.3, -0.25) is 4.79 Å². The minimum atomic E-state index is -0.842. The first-order valence-corrected chi connectivity index (χ1v) is 6.23. The van der Waals surface area contributed by atoms with Gasteiger partial charge in [-0.15, -0.1) is 0 Å². The maximum atomic E-state index is 12.2. The van der Waals surface area contributed by atoms with Gasteiger partial charge in [-0.1, -0.05) is 12.8 Å². The Balaban J connectivity index is 2.04. The molecule has 1 aliphatic carbocycles. The molecular weight excluding hydrogens is 206 g/mol. The molecule has 16 heavy (non-hydrogen) atoms. The molecular formula is C12H19NO3. The fourth-order valence-corrected chi connectivity index (χ4v) is 2.86. The molecule has 1 N–H and O–H groups in total. The van der Waals surface area contributed by atoms with E-state index in [1.807, 2.05) is 0 Å². The Bertz CT molecular complexity index is 284. The number of nitrogens with zero attached hydrogens (tertiary/aromatic N) is 1. The maximum Gasteiger partial charge on any atom is 0.326 e. The molecule has 1 aliphatic heterocycles. The number of hydrogen-bond donors (Lipinski definition) is 1. The van der Waals surface area contributed by atoms with E-state index in [0.29, 0.717) is 13.0 Å². The highest BCUT2D eigenvalue weighted by Gasteiger charge is 2.35. The van der Waals surface area contributed by atoms with E-state index in [4.69, 9.17) is 5.11 Å². The molecule has 0 radical (unpaired) electrons. The average molecular weight is 225 g/mol. The first kappa shape index (κ1) is 11.4. The number of carbonyl (C=O) groups is 2. The van der Waals surface area contributed by atoms with Gasteiger partial charge in [-0.25, -0.2) is 4.79 Å². The van der Waals surface area contributed by atoms with Crippen LogP contribution in [0.25, 0.3) is 0 Å². The molecule has 4 nitrogen and oxygen atoms in total. The second kappa shape index (κ2) is 4.85. The van der Waals surface area contributed by atoms with Crippen molar-refractivity contribution in [2.75, 3.05) is 6.54 Å². The molecule has 0 aromatic rings. The van der Waals surface area contributed by atoms with Crippen LogP contribution < -0.4 is 0 Å². The van der Waals surface area contributed by atoms with Gasteiger partial charge in [0.15, 0.2) is 0 Å². The Morgan fingerprint density at radius 3 is 2.25 bits per heavy atom. The van der Waals surface area contributed by atoms with Gasteiger partial charge in [-0.05, 0) is 32.1 Å². The summed E-state index contributed by atoms with van der Waals surface area (Å²) in [6.07, 6.45) is 6.61. The minimum absolute atomic E-state index is 0.0876. The third kappa shape index (κ3) is 2.20. The third-order valence-electron chi connectivity index (χ3n) is 3.78. The summed E-state index contributed by atoms with van der Waals surface area (Å²) in [6.45, 7) is 0.631. The molecule has 0 aromatic carbocycles. The lowest BCUT2D eigenvalue weighted by atomic mass is 9.98. The molecule has 1 saturated heterocycles. The van der Waals surface area contributed by atoms with E-state index in [0.717, 1.165) is 38.5 Å². The smallest absolute Gasteiger partial charge is 0.326 e. The fraction of sp³-hybridized carbons (Fsp3) is 0.833. The quantitative estimate of drug-likeness (QED) is 0.777. The van der Waals surface area contributed by atoms with Gasteiger partial charge in [0.05, 0.1) is 0 Å². The lowest BCUT2D eigenvalue weighted by molar-refractivity contribution is -0.153. The van der Waals surface area contributed by atoms with Crippen LogP contribution in [0.2, 0.25) is 0 Å². The number of rotatable bonds is 2. The lowest BCUT2D eigenvalue weighted by Crippen LogP contribution is -2.49. The van der Waals surface area contributed by atoms with E-state index in [1.165, 1.54) is 0 Å². The van der Waals surface area contributed by atoms with Gasteiger partial charge >= 0.3 is 5.97 Å². The summed E-state index contributed by atoms with van der Waals surface area (Å²) in [4.78, 5) is 24.9. The van der Waals surface area contributed by atoms with Crippen LogP contribution in [0.1, 0.15) is 44.9 Å². The van der Waals surface area contributed by atoms with Crippen LogP contribution in [0, 0.1) is 5.92 Å². The average Bonchev–Trinajstić information content (AvgIpc) is 2.81. The number of carbonyl (C=O) groups excluding carboxylic acids is 1. The fourth-order valence-electron chi connectivity index (χ4n) is 2.86. The Labute approximate surface area is 95.6 Å². The van der Waals surface area contributed by atoms with Gasteiger partial charge in [0.2, 0.25) is 5.91 Å². The van der Waals surface area contributed by atoms with Crippen molar-refractivity contribution in [3.63, 3.8) is 0 Å². The summed E-state index contributed by atoms with van der Waals surface area (Å²) in [5.41, 5.74) is 0. The number of carboxylic acid groups (broad SMARTS) is 1. The first-order valence-electron chi connectivity index (χ1n) is 6.23. The molecule has 1 saturated carbocycles. The highest BCUT2D eigenvalue weighted by molar-refractivity contribution is 5.85. The van der Waals surface area contributed by atoms with Crippen molar-refractivity contribution in [3.05, 3.63) is 0 Å². The number of hydrogen-bond acceptors (Lipinski definition) is 2. The van der Waals surface area contributed by atoms with Crippen LogP contribution in [0.3, 0.4) is 0 Å². The second-order valence-electron chi connectivity index (χ2n) is 4.86. The van der Waals surface area contributed by atoms with Crippen LogP contribution in [0.15, 0.2) is 0 Å². The zero-order valence-electron chi connectivity index (χ0n) is 9.52. The molecule has 0 unspecified atom stereocenters. The maximum absolute atomic E-state index is 12.2. The van der Waals surface area contributed by atoms with E-state index in [2.05, 4.69) is 0 Å². The summed E-state index contributed by atoms with van der Waals surface area (Å²) in [6, 6.07) is -0.568. The van der Waals surface area contributed by atoms with Crippen LogP contribution >= 0.6 is 0 Å². The zero-order chi connectivity index (χ0) is 11.5. The minimum Gasteiger partial charge on any atom is -0.480 e. The number of aliphatic carboxylic acids is 1. The van der Waals surface area contributed by atoms with E-state index in [9.17, 15) is 9.59 Å². The Kier molecular flexibility index (Phi) is 3.46. The molecule has 1 heterocycles. The number of carboxylic acids is 1. The van der Waals surface area contributed by atoms with Crippen molar-refractivity contribution in [2.45, 2.75) is 51.0 Å². The molecule has 0 aromatic heterocycles. The lowest BCUT2D eigenvalue weighted by Gasteiger charge is -2.34. The Hall–Kier alpha value is -1.06. The topological polar surface area (TPSA) is 57.6 Å². The molecule has 0 bridgehead atoms. The van der Waals surface area contributed by atoms with Gasteiger partial charge < -0.3 is 10.0 Å². The highest BCUT2D eigenvalue weighted by atomic mass is 16.4. The van der Waals surface area contributed by atoms with Crippen LogP contribution in [-0.2, 0) is 9.59 Å². The second-order valence-corrected chi connectivity index (χ2v) is 4.86. The van der Waals surface area contributed by atoms with Crippen molar-refractivity contribution in [3.8, 4) is 0 Å². The van der Waals surface area contributed by atoms with Gasteiger partial charge in [0, 0.05) is 12.5 Å². The summed E-state index contributed by atoms with van der Waals surface area (Å²) >= 11 is 0. The Morgan fingerprint density at radius 2 is 1.62 bits per heavy atom. The predicted octanol–water partition coefficient (Wildman–Crippen LogP) is 1.64. The van der Waals surface area contributed by atoms with Gasteiger partial charge in [0.25, 0.3) is 0 Å². The Morgan fingerprint density at radius 1 is 1.00 bits per heavy atom. The largest absolute Gasteiger partial charge is 0.480 e. The summed E-state index contributed by atoms with van der Waals surface area (Å²) < 4.78 is 0. The molecule has 1 atom stereocenters. The highest BCUT2D eigenvalue weighted by Crippen LogP contribution is 2.29. The number of likely N-dealkylation sites (tertiary alicyclic amines) is 1. The van der Waals surface area contributed by atoms with E-state index in [1.54, 1.807) is 4.90 Å². The van der Waals surface area contributed by atoms with Crippen molar-refractivity contribution < 1.29 is 14.7 Å². The normalized spacial score (nSPS) is 27.0. The van der Waals surface area contributed by atoms with E-state index in [-0.39, 0.29) is 11.8 Å². The molecule has 2 rings (SSSR count). The van der Waals surface area contributed by atoms with Gasteiger partial charge in [0.1, 0.15) is 6.04 Å². The zero-order valence-corrected chi connectivity index (χ0v) is 9.52. The van der Waals surface area contributed by atoms with Crippen LogP contribution in [0.5, 0.6) is 0 Å². The van der Waals surface area contributed by atoms with E-state index < -0.39 is 12.0 Å².